The van der Waals surface area contributed by atoms with E-state index < -0.39 is 11.4 Å². The third kappa shape index (κ3) is 3.76. The second-order valence-corrected chi connectivity index (χ2v) is 6.23. The van der Waals surface area contributed by atoms with Crippen LogP contribution in [0, 0.1) is 5.82 Å². The number of rotatable bonds is 2. The van der Waals surface area contributed by atoms with Crippen LogP contribution in [0.1, 0.15) is 43.0 Å². The fourth-order valence-corrected chi connectivity index (χ4v) is 2.54. The second kappa shape index (κ2) is 5.59. The zero-order valence-electron chi connectivity index (χ0n) is 10.7. The van der Waals surface area contributed by atoms with Gasteiger partial charge in [-0.25, -0.2) is 4.39 Å². The molecular formula is C14H17BrFNO2. The minimum Gasteiger partial charge on any atom is -0.390 e. The number of hydrogen-bond acceptors (Lipinski definition) is 2. The fourth-order valence-electron chi connectivity index (χ4n) is 2.29. The fraction of sp³-hybridized carbons (Fsp3) is 0.500. The van der Waals surface area contributed by atoms with Crippen LogP contribution in [-0.2, 0) is 0 Å². The van der Waals surface area contributed by atoms with E-state index in [1.165, 1.54) is 12.1 Å². The van der Waals surface area contributed by atoms with Gasteiger partial charge in [0.1, 0.15) is 5.82 Å². The Hall–Kier alpha value is -0.940. The first-order valence-electron chi connectivity index (χ1n) is 6.36. The molecule has 104 valence electrons. The van der Waals surface area contributed by atoms with Gasteiger partial charge in [-0.3, -0.25) is 4.79 Å². The van der Waals surface area contributed by atoms with E-state index in [1.54, 1.807) is 6.07 Å². The average Bonchev–Trinajstić information content (AvgIpc) is 2.35. The van der Waals surface area contributed by atoms with Crippen molar-refractivity contribution in [3.63, 3.8) is 0 Å². The maximum atomic E-state index is 13.4. The van der Waals surface area contributed by atoms with Gasteiger partial charge >= 0.3 is 0 Å². The van der Waals surface area contributed by atoms with Crippen molar-refractivity contribution in [1.82, 2.24) is 5.32 Å². The first-order valence-corrected chi connectivity index (χ1v) is 7.15. The van der Waals surface area contributed by atoms with Gasteiger partial charge in [-0.05, 0) is 66.7 Å². The van der Waals surface area contributed by atoms with Crippen molar-refractivity contribution in [2.45, 2.75) is 44.2 Å². The Morgan fingerprint density at radius 1 is 1.47 bits per heavy atom. The van der Waals surface area contributed by atoms with E-state index in [0.717, 1.165) is 12.8 Å². The Balaban J connectivity index is 1.96. The van der Waals surface area contributed by atoms with Crippen molar-refractivity contribution in [2.75, 3.05) is 0 Å². The molecule has 3 nitrogen and oxygen atoms in total. The van der Waals surface area contributed by atoms with Crippen LogP contribution in [0.3, 0.4) is 0 Å². The lowest BCUT2D eigenvalue weighted by Crippen LogP contribution is -2.42. The third-order valence-electron chi connectivity index (χ3n) is 3.58. The molecule has 0 aliphatic heterocycles. The van der Waals surface area contributed by atoms with Crippen LogP contribution in [0.5, 0.6) is 0 Å². The minimum absolute atomic E-state index is 0.0550. The maximum Gasteiger partial charge on any atom is 0.251 e. The van der Waals surface area contributed by atoms with Crippen LogP contribution in [0.25, 0.3) is 0 Å². The van der Waals surface area contributed by atoms with Crippen molar-refractivity contribution in [3.05, 3.63) is 34.1 Å². The molecule has 2 N–H and O–H groups in total. The molecule has 1 amide bonds. The summed E-state index contributed by atoms with van der Waals surface area (Å²) < 4.78 is 13.7. The number of carbonyl (C=O) groups is 1. The number of hydrogen-bond donors (Lipinski definition) is 2. The Morgan fingerprint density at radius 2 is 2.11 bits per heavy atom. The summed E-state index contributed by atoms with van der Waals surface area (Å²) in [6, 6.07) is 4.38. The topological polar surface area (TPSA) is 49.3 Å². The summed E-state index contributed by atoms with van der Waals surface area (Å²) in [5.41, 5.74) is -0.302. The van der Waals surface area contributed by atoms with E-state index in [2.05, 4.69) is 21.2 Å². The largest absolute Gasteiger partial charge is 0.390 e. The highest BCUT2D eigenvalue weighted by molar-refractivity contribution is 9.10. The van der Waals surface area contributed by atoms with Crippen LogP contribution in [0.15, 0.2) is 22.7 Å². The molecule has 1 saturated carbocycles. The lowest BCUT2D eigenvalue weighted by molar-refractivity contribution is 0.0140. The molecule has 0 radical (unpaired) electrons. The molecule has 0 unspecified atom stereocenters. The van der Waals surface area contributed by atoms with Gasteiger partial charge in [0.05, 0.1) is 10.1 Å². The number of amides is 1. The van der Waals surface area contributed by atoms with Gasteiger partial charge in [0.15, 0.2) is 0 Å². The van der Waals surface area contributed by atoms with E-state index in [4.69, 9.17) is 0 Å². The van der Waals surface area contributed by atoms with Crippen molar-refractivity contribution in [2.24, 2.45) is 0 Å². The summed E-state index contributed by atoms with van der Waals surface area (Å²) in [7, 11) is 0. The standard InChI is InChI=1S/C14H17BrFNO2/c1-14(19)6-4-10(5-7-14)17-13(18)9-2-3-11(15)12(16)8-9/h2-3,8,10,19H,4-7H2,1H3,(H,17,18). The number of benzene rings is 1. The second-order valence-electron chi connectivity index (χ2n) is 5.37. The third-order valence-corrected chi connectivity index (χ3v) is 4.22. The lowest BCUT2D eigenvalue weighted by atomic mass is 9.83. The van der Waals surface area contributed by atoms with Crippen LogP contribution >= 0.6 is 15.9 Å². The molecule has 0 saturated heterocycles. The van der Waals surface area contributed by atoms with E-state index in [-0.39, 0.29) is 11.9 Å². The molecular weight excluding hydrogens is 313 g/mol. The summed E-state index contributed by atoms with van der Waals surface area (Å²) in [6.45, 7) is 1.81. The molecule has 2 rings (SSSR count). The van der Waals surface area contributed by atoms with Crippen LogP contribution in [-0.4, -0.2) is 22.7 Å². The molecule has 1 aliphatic rings. The summed E-state index contributed by atoms with van der Waals surface area (Å²) >= 11 is 3.05. The maximum absolute atomic E-state index is 13.4. The molecule has 1 aromatic carbocycles. The van der Waals surface area contributed by atoms with E-state index >= 15 is 0 Å². The SMILES string of the molecule is CC1(O)CCC(NC(=O)c2ccc(Br)c(F)c2)CC1. The number of aliphatic hydroxyl groups is 1. The van der Waals surface area contributed by atoms with E-state index in [0.29, 0.717) is 22.9 Å². The quantitative estimate of drug-likeness (QED) is 0.876. The predicted molar refractivity (Wildman–Crippen MR) is 74.4 cm³/mol. The highest BCUT2D eigenvalue weighted by atomic mass is 79.9. The minimum atomic E-state index is -0.620. The average molecular weight is 330 g/mol. The van der Waals surface area contributed by atoms with Gasteiger partial charge in [0.25, 0.3) is 5.91 Å². The van der Waals surface area contributed by atoms with Gasteiger partial charge in [0, 0.05) is 11.6 Å². The monoisotopic (exact) mass is 329 g/mol. The Labute approximate surface area is 120 Å². The van der Waals surface area contributed by atoms with Crippen LogP contribution < -0.4 is 5.32 Å². The predicted octanol–water partition coefficient (Wildman–Crippen LogP) is 3.01. The highest BCUT2D eigenvalue weighted by Gasteiger charge is 2.29. The molecule has 0 bridgehead atoms. The van der Waals surface area contributed by atoms with Gasteiger partial charge in [-0.15, -0.1) is 0 Å². The highest BCUT2D eigenvalue weighted by Crippen LogP contribution is 2.27. The molecule has 5 heteroatoms. The summed E-state index contributed by atoms with van der Waals surface area (Å²) in [5, 5.41) is 12.7. The van der Waals surface area contributed by atoms with Gasteiger partial charge in [-0.2, -0.15) is 0 Å². The van der Waals surface area contributed by atoms with Gasteiger partial charge < -0.3 is 10.4 Å². The normalized spacial score (nSPS) is 27.1. The van der Waals surface area contributed by atoms with Crippen LogP contribution in [0.2, 0.25) is 0 Å². The number of nitrogens with one attached hydrogen (secondary N) is 1. The van der Waals surface area contributed by atoms with E-state index in [9.17, 15) is 14.3 Å². The van der Waals surface area contributed by atoms with Crippen molar-refractivity contribution < 1.29 is 14.3 Å². The molecule has 1 aliphatic carbocycles. The molecule has 0 atom stereocenters. The van der Waals surface area contributed by atoms with Crippen LogP contribution in [0.4, 0.5) is 4.39 Å². The molecule has 1 fully saturated rings. The van der Waals surface area contributed by atoms with Crippen molar-refractivity contribution in [3.8, 4) is 0 Å². The van der Waals surface area contributed by atoms with Crippen molar-refractivity contribution >= 4 is 21.8 Å². The molecule has 1 aromatic rings. The summed E-state index contributed by atoms with van der Waals surface area (Å²) in [5.74, 6) is -0.711. The molecule has 0 aromatic heterocycles. The first-order chi connectivity index (χ1) is 8.87. The van der Waals surface area contributed by atoms with E-state index in [1.807, 2.05) is 6.92 Å². The van der Waals surface area contributed by atoms with Gasteiger partial charge in [0.2, 0.25) is 0 Å². The number of carbonyl (C=O) groups excluding carboxylic acids is 1. The Kier molecular flexibility index (Phi) is 4.26. The summed E-state index contributed by atoms with van der Waals surface area (Å²) in [4.78, 5) is 12.0. The van der Waals surface area contributed by atoms with Crippen molar-refractivity contribution in [1.29, 1.82) is 0 Å². The molecule has 0 heterocycles. The van der Waals surface area contributed by atoms with Gasteiger partial charge in [-0.1, -0.05) is 0 Å². The summed E-state index contributed by atoms with van der Waals surface area (Å²) in [6.07, 6.45) is 2.84. The zero-order valence-corrected chi connectivity index (χ0v) is 12.3. The lowest BCUT2D eigenvalue weighted by Gasteiger charge is -2.33. The Bertz CT molecular complexity index is 480. The Morgan fingerprint density at radius 3 is 2.68 bits per heavy atom. The smallest absolute Gasteiger partial charge is 0.251 e. The molecule has 19 heavy (non-hydrogen) atoms. The first kappa shape index (κ1) is 14.5. The number of halogens is 2. The zero-order chi connectivity index (χ0) is 14.0. The molecule has 0 spiro atoms.